The zero-order chi connectivity index (χ0) is 7.44. The van der Waals surface area contributed by atoms with E-state index >= 15 is 0 Å². The van der Waals surface area contributed by atoms with E-state index in [4.69, 9.17) is 34.8 Å². The molecule has 0 saturated carbocycles. The average Bonchev–Trinajstić information content (AvgIpc) is 1.84. The lowest BCUT2D eigenvalue weighted by Crippen LogP contribution is -2.09. The third kappa shape index (κ3) is 3.09. The number of allylic oxidation sites excluding steroid dienone is 1. The summed E-state index contributed by atoms with van der Waals surface area (Å²) in [5.41, 5.74) is 1.00. The predicted molar refractivity (Wildman–Crippen MR) is 40.1 cm³/mol. The second kappa shape index (κ2) is 4.15. The maximum absolute atomic E-state index is 10.7. The molecule has 0 rings (SSSR count). The van der Waals surface area contributed by atoms with Gasteiger partial charge in [0.2, 0.25) is 0 Å². The summed E-state index contributed by atoms with van der Waals surface area (Å²) in [6.45, 7) is 1.53. The molecule has 0 N–H and O–H groups in total. The fourth-order valence-corrected chi connectivity index (χ4v) is 0.688. The Kier molecular flexibility index (Phi) is 4.28. The minimum Gasteiger partial charge on any atom is -0.291 e. The van der Waals surface area contributed by atoms with E-state index in [9.17, 15) is 4.79 Å². The molecule has 0 aromatic carbocycles. The second-order valence-corrected chi connectivity index (χ2v) is 2.72. The Hall–Kier alpha value is 0.280. The van der Waals surface area contributed by atoms with Crippen molar-refractivity contribution < 1.29 is 4.79 Å². The van der Waals surface area contributed by atoms with Gasteiger partial charge in [0.15, 0.2) is 5.78 Å². The highest BCUT2D eigenvalue weighted by Crippen LogP contribution is 2.10. The van der Waals surface area contributed by atoms with Gasteiger partial charge in [0, 0.05) is 5.54 Å². The van der Waals surface area contributed by atoms with Crippen molar-refractivity contribution in [2.24, 2.45) is 0 Å². The Morgan fingerprint density at radius 2 is 2.11 bits per heavy atom. The average molecular weight is 187 g/mol. The molecule has 4 heteroatoms. The van der Waals surface area contributed by atoms with E-state index in [2.05, 4.69) is 0 Å². The fraction of sp³-hybridized carbons (Fsp3) is 0.400. The molecular weight excluding hydrogens is 182 g/mol. The second-order valence-electron chi connectivity index (χ2n) is 1.44. The van der Waals surface area contributed by atoms with Crippen LogP contribution in [0.4, 0.5) is 0 Å². The van der Waals surface area contributed by atoms with Crippen molar-refractivity contribution in [1.29, 1.82) is 0 Å². The van der Waals surface area contributed by atoms with Gasteiger partial charge in [0.25, 0.3) is 0 Å². The normalized spacial score (nSPS) is 15.3. The van der Waals surface area contributed by atoms with Crippen molar-refractivity contribution in [2.45, 2.75) is 12.3 Å². The van der Waals surface area contributed by atoms with Crippen LogP contribution in [0.25, 0.3) is 0 Å². The summed E-state index contributed by atoms with van der Waals surface area (Å²) < 4.78 is 0. The summed E-state index contributed by atoms with van der Waals surface area (Å²) in [4.78, 5) is 10.7. The number of Topliss-reactive ketones (excluding diaryl/α,β-unsaturated/α-hetero) is 1. The summed E-state index contributed by atoms with van der Waals surface area (Å²) in [5, 5.41) is -0.633. The number of alkyl halides is 1. The number of hydrogen-bond donors (Lipinski definition) is 0. The molecule has 0 aliphatic carbocycles. The van der Waals surface area contributed by atoms with Crippen molar-refractivity contribution >= 4 is 40.6 Å². The lowest BCUT2D eigenvalue weighted by molar-refractivity contribution is -0.114. The van der Waals surface area contributed by atoms with E-state index in [-0.39, 0.29) is 10.8 Å². The summed E-state index contributed by atoms with van der Waals surface area (Å²) >= 11 is 15.8. The Balaban J connectivity index is 4.06. The molecule has 9 heavy (non-hydrogen) atoms. The van der Waals surface area contributed by atoms with Crippen LogP contribution >= 0.6 is 34.8 Å². The van der Waals surface area contributed by atoms with Crippen LogP contribution in [0.2, 0.25) is 0 Å². The minimum absolute atomic E-state index is 0.0285. The lowest BCUT2D eigenvalue weighted by atomic mass is 10.3. The third-order valence-corrected chi connectivity index (χ3v) is 1.52. The van der Waals surface area contributed by atoms with Gasteiger partial charge in [0.05, 0.1) is 10.4 Å². The van der Waals surface area contributed by atoms with Crippen LogP contribution in [-0.4, -0.2) is 11.2 Å². The van der Waals surface area contributed by atoms with Gasteiger partial charge in [0.1, 0.15) is 0 Å². The molecule has 0 radical (unpaired) electrons. The fourth-order valence-electron chi connectivity index (χ4n) is 0.244. The molecule has 0 heterocycles. The standard InChI is InChI=1S/C5H5Cl3O/c1-3(7)5(9)4(8)2-6/h2-3H,1H3/b4-2-. The molecular formula is C5H5Cl3O. The molecule has 52 valence electrons. The van der Waals surface area contributed by atoms with Crippen LogP contribution in [-0.2, 0) is 4.79 Å². The van der Waals surface area contributed by atoms with Crippen LogP contribution in [0.1, 0.15) is 6.92 Å². The highest BCUT2D eigenvalue weighted by Gasteiger charge is 2.11. The SMILES string of the molecule is CC(Cl)C(=O)/C(Cl)=C/Cl. The number of carbonyl (C=O) groups excluding carboxylic acids is 1. The highest BCUT2D eigenvalue weighted by molar-refractivity contribution is 6.50. The first-order valence-corrected chi connectivity index (χ1v) is 3.49. The Bertz CT molecular complexity index is 139. The summed E-state index contributed by atoms with van der Waals surface area (Å²) in [6, 6.07) is 0. The van der Waals surface area contributed by atoms with Gasteiger partial charge in [-0.2, -0.15) is 0 Å². The Labute approximate surface area is 68.6 Å². The largest absolute Gasteiger partial charge is 0.291 e. The molecule has 0 fully saturated rings. The number of ketones is 1. The van der Waals surface area contributed by atoms with Crippen LogP contribution < -0.4 is 0 Å². The molecule has 0 aliphatic heterocycles. The van der Waals surface area contributed by atoms with Crippen molar-refractivity contribution in [3.8, 4) is 0 Å². The van der Waals surface area contributed by atoms with Crippen LogP contribution in [0.5, 0.6) is 0 Å². The molecule has 1 nitrogen and oxygen atoms in total. The molecule has 0 aromatic heterocycles. The van der Waals surface area contributed by atoms with Gasteiger partial charge < -0.3 is 0 Å². The van der Waals surface area contributed by atoms with Gasteiger partial charge in [-0.15, -0.1) is 11.6 Å². The lowest BCUT2D eigenvalue weighted by Gasteiger charge is -1.96. The van der Waals surface area contributed by atoms with E-state index in [0.717, 1.165) is 5.54 Å². The monoisotopic (exact) mass is 186 g/mol. The Morgan fingerprint density at radius 3 is 2.22 bits per heavy atom. The molecule has 0 aromatic rings. The predicted octanol–water partition coefficient (Wildman–Crippen LogP) is 2.50. The summed E-state index contributed by atoms with van der Waals surface area (Å²) in [6.07, 6.45) is 0. The van der Waals surface area contributed by atoms with Crippen LogP contribution in [0.3, 0.4) is 0 Å². The number of hydrogen-bond acceptors (Lipinski definition) is 1. The maximum atomic E-state index is 10.7. The summed E-state index contributed by atoms with van der Waals surface area (Å²) in [5.74, 6) is -0.353. The van der Waals surface area contributed by atoms with Crippen molar-refractivity contribution in [2.75, 3.05) is 0 Å². The molecule has 0 saturated heterocycles. The minimum atomic E-state index is -0.604. The maximum Gasteiger partial charge on any atom is 0.192 e. The Morgan fingerprint density at radius 1 is 1.67 bits per heavy atom. The van der Waals surface area contributed by atoms with Crippen molar-refractivity contribution in [3.63, 3.8) is 0 Å². The molecule has 0 aliphatic rings. The van der Waals surface area contributed by atoms with E-state index in [1.165, 1.54) is 6.92 Å². The molecule has 0 spiro atoms. The van der Waals surface area contributed by atoms with E-state index in [1.807, 2.05) is 0 Å². The molecule has 0 bridgehead atoms. The number of carbonyl (C=O) groups is 1. The quantitative estimate of drug-likeness (QED) is 0.479. The number of rotatable bonds is 2. The van der Waals surface area contributed by atoms with Gasteiger partial charge in [-0.25, -0.2) is 0 Å². The zero-order valence-electron chi connectivity index (χ0n) is 4.70. The van der Waals surface area contributed by atoms with Crippen molar-refractivity contribution in [1.82, 2.24) is 0 Å². The highest BCUT2D eigenvalue weighted by atomic mass is 35.5. The smallest absolute Gasteiger partial charge is 0.192 e. The molecule has 1 atom stereocenters. The zero-order valence-corrected chi connectivity index (χ0v) is 6.96. The van der Waals surface area contributed by atoms with Gasteiger partial charge >= 0.3 is 0 Å². The van der Waals surface area contributed by atoms with E-state index in [0.29, 0.717) is 0 Å². The third-order valence-electron chi connectivity index (χ3n) is 0.692. The first-order valence-electron chi connectivity index (χ1n) is 2.23. The van der Waals surface area contributed by atoms with E-state index in [1.54, 1.807) is 0 Å². The van der Waals surface area contributed by atoms with Gasteiger partial charge in [-0.1, -0.05) is 23.2 Å². The number of halogens is 3. The molecule has 1 unspecified atom stereocenters. The van der Waals surface area contributed by atoms with Crippen LogP contribution in [0, 0.1) is 0 Å². The molecule has 0 amide bonds. The first kappa shape index (κ1) is 9.28. The van der Waals surface area contributed by atoms with Crippen LogP contribution in [0.15, 0.2) is 10.6 Å². The topological polar surface area (TPSA) is 17.1 Å². The van der Waals surface area contributed by atoms with Gasteiger partial charge in [-0.3, -0.25) is 4.79 Å². The summed E-state index contributed by atoms with van der Waals surface area (Å²) in [7, 11) is 0. The van der Waals surface area contributed by atoms with E-state index < -0.39 is 5.38 Å². The van der Waals surface area contributed by atoms with Crippen molar-refractivity contribution in [3.05, 3.63) is 10.6 Å². The first-order chi connectivity index (χ1) is 4.09. The van der Waals surface area contributed by atoms with Gasteiger partial charge in [-0.05, 0) is 6.92 Å².